The minimum atomic E-state index is 0.702. The van der Waals surface area contributed by atoms with E-state index in [1.165, 1.54) is 17.7 Å². The molecule has 2 heterocycles. The molecular weight excluding hydrogens is 172 g/mol. The molecule has 0 aromatic carbocycles. The summed E-state index contributed by atoms with van der Waals surface area (Å²) < 4.78 is 2.40. The average Bonchev–Trinajstić information content (AvgIpc) is 2.51. The van der Waals surface area contributed by atoms with Gasteiger partial charge in [0.1, 0.15) is 0 Å². The molecule has 1 atom stereocenters. The summed E-state index contributed by atoms with van der Waals surface area (Å²) in [7, 11) is 0. The van der Waals surface area contributed by atoms with E-state index in [4.69, 9.17) is 0 Å². The average molecular weight is 188 g/mol. The highest BCUT2D eigenvalue weighted by molar-refractivity contribution is 5.70. The van der Waals surface area contributed by atoms with E-state index in [0.29, 0.717) is 5.92 Å². The largest absolute Gasteiger partial charge is 0.346 e. The fourth-order valence-corrected chi connectivity index (χ4v) is 2.56. The van der Waals surface area contributed by atoms with Gasteiger partial charge in [-0.15, -0.1) is 0 Å². The Morgan fingerprint density at radius 2 is 2.43 bits per heavy atom. The van der Waals surface area contributed by atoms with Crippen molar-refractivity contribution in [2.75, 3.05) is 13.1 Å². The van der Waals surface area contributed by atoms with Gasteiger partial charge in [-0.05, 0) is 29.5 Å². The van der Waals surface area contributed by atoms with Gasteiger partial charge in [0.15, 0.2) is 0 Å². The molecule has 0 saturated carbocycles. The predicted molar refractivity (Wildman–Crippen MR) is 58.3 cm³/mol. The van der Waals surface area contributed by atoms with Gasteiger partial charge >= 0.3 is 0 Å². The lowest BCUT2D eigenvalue weighted by Gasteiger charge is -2.20. The summed E-state index contributed by atoms with van der Waals surface area (Å²) in [6.07, 6.45) is 5.85. The molecular formula is C12H16N2. The molecule has 1 unspecified atom stereocenters. The zero-order valence-corrected chi connectivity index (χ0v) is 8.59. The van der Waals surface area contributed by atoms with Crippen LogP contribution in [-0.2, 0) is 6.54 Å². The molecule has 0 bridgehead atoms. The highest BCUT2D eigenvalue weighted by Gasteiger charge is 2.22. The van der Waals surface area contributed by atoms with E-state index in [-0.39, 0.29) is 0 Å². The van der Waals surface area contributed by atoms with Crippen LogP contribution in [0, 0.1) is 0 Å². The Hall–Kier alpha value is -1.02. The number of aromatic nitrogens is 1. The Morgan fingerprint density at radius 1 is 1.50 bits per heavy atom. The highest BCUT2D eigenvalue weighted by Crippen LogP contribution is 2.35. The van der Waals surface area contributed by atoms with Crippen molar-refractivity contribution >= 4 is 5.57 Å². The third kappa shape index (κ3) is 1.07. The highest BCUT2D eigenvalue weighted by atomic mass is 15.0. The summed E-state index contributed by atoms with van der Waals surface area (Å²) in [5, 5.41) is 3.47. The van der Waals surface area contributed by atoms with E-state index in [9.17, 15) is 0 Å². The summed E-state index contributed by atoms with van der Waals surface area (Å²) in [4.78, 5) is 0. The molecule has 2 heteroatoms. The van der Waals surface area contributed by atoms with Crippen LogP contribution in [0.25, 0.3) is 5.57 Å². The van der Waals surface area contributed by atoms with E-state index in [1.807, 2.05) is 0 Å². The van der Waals surface area contributed by atoms with Crippen LogP contribution in [0.5, 0.6) is 0 Å². The maximum atomic E-state index is 3.47. The smallest absolute Gasteiger partial charge is 0.0484 e. The minimum Gasteiger partial charge on any atom is -0.346 e. The fraction of sp³-hybridized carbons (Fsp3) is 0.500. The number of rotatable bonds is 0. The van der Waals surface area contributed by atoms with E-state index in [2.05, 4.69) is 35.1 Å². The van der Waals surface area contributed by atoms with Crippen LogP contribution in [-0.4, -0.2) is 17.7 Å². The molecule has 74 valence electrons. The summed E-state index contributed by atoms with van der Waals surface area (Å²) >= 11 is 0. The van der Waals surface area contributed by atoms with Crippen molar-refractivity contribution in [3.63, 3.8) is 0 Å². The first-order valence-corrected chi connectivity index (χ1v) is 5.45. The molecule has 1 N–H and O–H groups in total. The Labute approximate surface area is 84.6 Å². The predicted octanol–water partition coefficient (Wildman–Crippen LogP) is 1.98. The first-order valence-electron chi connectivity index (χ1n) is 5.45. The zero-order chi connectivity index (χ0) is 9.54. The fourth-order valence-electron chi connectivity index (χ4n) is 2.56. The second-order valence-electron chi connectivity index (χ2n) is 4.36. The molecule has 1 aromatic rings. The Balaban J connectivity index is 2.18. The number of hydrogen-bond acceptors (Lipinski definition) is 1. The van der Waals surface area contributed by atoms with Crippen molar-refractivity contribution in [2.45, 2.75) is 25.8 Å². The first-order chi connectivity index (χ1) is 6.86. The van der Waals surface area contributed by atoms with Crippen LogP contribution in [0.3, 0.4) is 0 Å². The van der Waals surface area contributed by atoms with Crippen molar-refractivity contribution in [2.24, 2.45) is 0 Å². The SMILES string of the molecule is CC1CC=C2CNCCn3ccc1c32. The third-order valence-corrected chi connectivity index (χ3v) is 3.39. The van der Waals surface area contributed by atoms with Gasteiger partial charge < -0.3 is 9.88 Å². The summed E-state index contributed by atoms with van der Waals surface area (Å²) in [6, 6.07) is 2.30. The Bertz CT molecular complexity index is 387. The first kappa shape index (κ1) is 8.30. The van der Waals surface area contributed by atoms with Gasteiger partial charge in [-0.3, -0.25) is 0 Å². The Morgan fingerprint density at radius 3 is 3.36 bits per heavy atom. The van der Waals surface area contributed by atoms with Gasteiger partial charge in [0.25, 0.3) is 0 Å². The monoisotopic (exact) mass is 188 g/mol. The zero-order valence-electron chi connectivity index (χ0n) is 8.59. The molecule has 0 amide bonds. The lowest BCUT2D eigenvalue weighted by atomic mass is 9.89. The molecule has 14 heavy (non-hydrogen) atoms. The molecule has 2 aliphatic rings. The van der Waals surface area contributed by atoms with Crippen LogP contribution < -0.4 is 5.32 Å². The van der Waals surface area contributed by atoms with Crippen LogP contribution in [0.4, 0.5) is 0 Å². The van der Waals surface area contributed by atoms with E-state index >= 15 is 0 Å². The number of nitrogens with one attached hydrogen (secondary N) is 1. The van der Waals surface area contributed by atoms with Crippen molar-refractivity contribution in [3.05, 3.63) is 29.6 Å². The van der Waals surface area contributed by atoms with Crippen LogP contribution >= 0.6 is 0 Å². The molecule has 1 aliphatic heterocycles. The van der Waals surface area contributed by atoms with Crippen molar-refractivity contribution < 1.29 is 0 Å². The second-order valence-corrected chi connectivity index (χ2v) is 4.36. The summed E-state index contributed by atoms with van der Waals surface area (Å²) in [5.74, 6) is 0.702. The molecule has 1 aromatic heterocycles. The number of allylic oxidation sites excluding steroid dienone is 1. The van der Waals surface area contributed by atoms with Crippen molar-refractivity contribution in [1.29, 1.82) is 0 Å². The van der Waals surface area contributed by atoms with Gasteiger partial charge in [-0.1, -0.05) is 13.0 Å². The molecule has 0 fully saturated rings. The minimum absolute atomic E-state index is 0.702. The van der Waals surface area contributed by atoms with E-state index in [0.717, 1.165) is 19.6 Å². The van der Waals surface area contributed by atoms with Crippen LogP contribution in [0.15, 0.2) is 18.3 Å². The van der Waals surface area contributed by atoms with Gasteiger partial charge in [0.2, 0.25) is 0 Å². The summed E-state index contributed by atoms with van der Waals surface area (Å²) in [6.45, 7) is 5.57. The molecule has 0 radical (unpaired) electrons. The van der Waals surface area contributed by atoms with Crippen molar-refractivity contribution in [1.82, 2.24) is 9.88 Å². The van der Waals surface area contributed by atoms with Gasteiger partial charge in [0.05, 0.1) is 0 Å². The number of hydrogen-bond donors (Lipinski definition) is 1. The number of nitrogens with zero attached hydrogens (tertiary/aromatic N) is 1. The normalized spacial score (nSPS) is 25.2. The quantitative estimate of drug-likeness (QED) is 0.658. The summed E-state index contributed by atoms with van der Waals surface area (Å²) in [5.41, 5.74) is 4.54. The van der Waals surface area contributed by atoms with Crippen LogP contribution in [0.2, 0.25) is 0 Å². The van der Waals surface area contributed by atoms with Crippen molar-refractivity contribution in [3.8, 4) is 0 Å². The molecule has 3 rings (SSSR count). The molecule has 0 saturated heterocycles. The maximum absolute atomic E-state index is 3.47. The molecule has 2 nitrogen and oxygen atoms in total. The lowest BCUT2D eigenvalue weighted by Crippen LogP contribution is -2.17. The van der Waals surface area contributed by atoms with E-state index in [1.54, 1.807) is 5.56 Å². The van der Waals surface area contributed by atoms with E-state index < -0.39 is 0 Å². The second kappa shape index (κ2) is 2.99. The molecule has 0 spiro atoms. The van der Waals surface area contributed by atoms with Gasteiger partial charge in [-0.25, -0.2) is 0 Å². The third-order valence-electron chi connectivity index (χ3n) is 3.39. The maximum Gasteiger partial charge on any atom is 0.0484 e. The Kier molecular flexibility index (Phi) is 1.77. The lowest BCUT2D eigenvalue weighted by molar-refractivity contribution is 0.648. The standard InChI is InChI=1S/C12H16N2/c1-9-2-3-10-8-13-5-7-14-6-4-11(9)12(10)14/h3-4,6,9,13H,2,5,7-8H2,1H3. The molecule has 1 aliphatic carbocycles. The van der Waals surface area contributed by atoms with Crippen LogP contribution in [0.1, 0.15) is 30.5 Å². The topological polar surface area (TPSA) is 17.0 Å². The van der Waals surface area contributed by atoms with Gasteiger partial charge in [-0.2, -0.15) is 0 Å². The van der Waals surface area contributed by atoms with Gasteiger partial charge in [0, 0.05) is 31.5 Å².